The molecule has 30 heavy (non-hydrogen) atoms. The molecule has 1 aromatic carbocycles. The minimum atomic E-state index is -0.634. The Kier molecular flexibility index (Phi) is 4.35. The number of hydrogen-bond donors (Lipinski definition) is 1. The summed E-state index contributed by atoms with van der Waals surface area (Å²) < 4.78 is 3.29. The summed E-state index contributed by atoms with van der Waals surface area (Å²) in [6.07, 6.45) is 5.60. The van der Waals surface area contributed by atoms with Gasteiger partial charge in [0.1, 0.15) is 11.7 Å². The molecule has 3 amide bonds. The summed E-state index contributed by atoms with van der Waals surface area (Å²) in [6.45, 7) is 0.737. The van der Waals surface area contributed by atoms with Crippen LogP contribution < -0.4 is 5.32 Å². The standard InChI is InChI=1S/C19H16ClN7O3/c20-12-6-21-25(8-12)9-13-10-27(24-23-13)14-1-2-15-11(5-14)7-26(19(15)30)16-3-4-17(28)22-18(16)29/h1-2,5-6,8,10,16H,3-4,7,9H2,(H,22,28,29). The molecule has 2 aliphatic rings. The van der Waals surface area contributed by atoms with E-state index in [-0.39, 0.29) is 18.2 Å². The van der Waals surface area contributed by atoms with Crippen molar-refractivity contribution in [1.29, 1.82) is 0 Å². The molecule has 1 unspecified atom stereocenters. The van der Waals surface area contributed by atoms with E-state index < -0.39 is 11.9 Å². The van der Waals surface area contributed by atoms with Gasteiger partial charge in [-0.2, -0.15) is 5.10 Å². The molecule has 0 radical (unpaired) electrons. The highest BCUT2D eigenvalue weighted by Gasteiger charge is 2.39. The highest BCUT2D eigenvalue weighted by molar-refractivity contribution is 6.30. The number of carbonyl (C=O) groups is 3. The van der Waals surface area contributed by atoms with Crippen LogP contribution in [0.2, 0.25) is 5.02 Å². The summed E-state index contributed by atoms with van der Waals surface area (Å²) in [7, 11) is 0. The molecule has 1 fully saturated rings. The molecule has 1 N–H and O–H groups in total. The molecule has 1 atom stereocenters. The van der Waals surface area contributed by atoms with Gasteiger partial charge in [-0.05, 0) is 30.2 Å². The Morgan fingerprint density at radius 1 is 1.20 bits per heavy atom. The molecule has 0 spiro atoms. The number of carbonyl (C=O) groups excluding carboxylic acids is 3. The van der Waals surface area contributed by atoms with Crippen LogP contribution in [0.15, 0.2) is 36.8 Å². The molecular weight excluding hydrogens is 410 g/mol. The van der Waals surface area contributed by atoms with E-state index in [0.717, 1.165) is 11.3 Å². The highest BCUT2D eigenvalue weighted by atomic mass is 35.5. The second-order valence-corrected chi connectivity index (χ2v) is 7.69. The Morgan fingerprint density at radius 2 is 2.07 bits per heavy atom. The lowest BCUT2D eigenvalue weighted by Crippen LogP contribution is -2.52. The molecule has 11 heteroatoms. The van der Waals surface area contributed by atoms with Crippen molar-refractivity contribution in [3.05, 3.63) is 58.6 Å². The molecule has 2 aliphatic heterocycles. The van der Waals surface area contributed by atoms with E-state index in [1.54, 1.807) is 40.1 Å². The Labute approximate surface area is 175 Å². The average Bonchev–Trinajstić information content (AvgIpc) is 3.42. The number of aromatic nitrogens is 5. The Bertz CT molecular complexity index is 1180. The third-order valence-electron chi connectivity index (χ3n) is 5.24. The first-order valence-electron chi connectivity index (χ1n) is 9.35. The predicted octanol–water partition coefficient (Wildman–Crippen LogP) is 0.926. The fourth-order valence-electron chi connectivity index (χ4n) is 3.79. The summed E-state index contributed by atoms with van der Waals surface area (Å²) in [5, 5.41) is 15.3. The lowest BCUT2D eigenvalue weighted by molar-refractivity contribution is -0.136. The van der Waals surface area contributed by atoms with E-state index in [1.807, 2.05) is 6.07 Å². The van der Waals surface area contributed by atoms with Gasteiger partial charge in [0.25, 0.3) is 5.91 Å². The molecule has 2 aromatic heterocycles. The van der Waals surface area contributed by atoms with Crippen molar-refractivity contribution < 1.29 is 14.4 Å². The first kappa shape index (κ1) is 18.5. The number of imide groups is 1. The molecular formula is C19H16ClN7O3. The number of fused-ring (bicyclic) bond motifs is 1. The van der Waals surface area contributed by atoms with Crippen LogP contribution in [0.25, 0.3) is 5.69 Å². The first-order chi connectivity index (χ1) is 14.5. The zero-order valence-corrected chi connectivity index (χ0v) is 16.4. The number of halogens is 1. The van der Waals surface area contributed by atoms with Crippen molar-refractivity contribution in [2.24, 2.45) is 0 Å². The first-order valence-corrected chi connectivity index (χ1v) is 9.73. The van der Waals surface area contributed by atoms with E-state index in [0.29, 0.717) is 35.8 Å². The molecule has 0 bridgehead atoms. The normalized spacial score (nSPS) is 18.6. The number of amides is 3. The van der Waals surface area contributed by atoms with Crippen LogP contribution in [0, 0.1) is 0 Å². The van der Waals surface area contributed by atoms with Crippen LogP contribution in [-0.4, -0.2) is 53.4 Å². The van der Waals surface area contributed by atoms with Gasteiger partial charge < -0.3 is 4.90 Å². The number of hydrogen-bond acceptors (Lipinski definition) is 6. The monoisotopic (exact) mass is 425 g/mol. The number of nitrogens with one attached hydrogen (secondary N) is 1. The Balaban J connectivity index is 1.36. The maximum Gasteiger partial charge on any atom is 0.255 e. The van der Waals surface area contributed by atoms with Gasteiger partial charge in [-0.25, -0.2) is 4.68 Å². The van der Waals surface area contributed by atoms with Crippen LogP contribution in [0.4, 0.5) is 0 Å². The van der Waals surface area contributed by atoms with Gasteiger partial charge in [0, 0.05) is 24.7 Å². The zero-order chi connectivity index (χ0) is 20.8. The Hall–Kier alpha value is -3.53. The molecule has 3 aromatic rings. The molecule has 5 rings (SSSR count). The predicted molar refractivity (Wildman–Crippen MR) is 104 cm³/mol. The molecule has 10 nitrogen and oxygen atoms in total. The molecule has 4 heterocycles. The number of piperidine rings is 1. The number of rotatable bonds is 4. The summed E-state index contributed by atoms with van der Waals surface area (Å²) in [5.74, 6) is -0.935. The largest absolute Gasteiger partial charge is 0.322 e. The topological polar surface area (TPSA) is 115 Å². The van der Waals surface area contributed by atoms with E-state index in [9.17, 15) is 14.4 Å². The van der Waals surface area contributed by atoms with Crippen molar-refractivity contribution in [2.45, 2.75) is 32.0 Å². The summed E-state index contributed by atoms with van der Waals surface area (Å²) >= 11 is 5.88. The average molecular weight is 426 g/mol. The van der Waals surface area contributed by atoms with Gasteiger partial charge in [0.15, 0.2) is 0 Å². The molecule has 152 valence electrons. The van der Waals surface area contributed by atoms with Crippen molar-refractivity contribution >= 4 is 29.3 Å². The maximum atomic E-state index is 12.8. The van der Waals surface area contributed by atoms with Crippen LogP contribution in [-0.2, 0) is 22.7 Å². The SMILES string of the molecule is O=C1CCC(N2Cc3cc(-n4cc(Cn5cc(Cl)cn5)nn4)ccc3C2=O)C(=O)N1. The van der Waals surface area contributed by atoms with Gasteiger partial charge in [-0.3, -0.25) is 24.4 Å². The van der Waals surface area contributed by atoms with Crippen molar-refractivity contribution in [3.63, 3.8) is 0 Å². The van der Waals surface area contributed by atoms with Gasteiger partial charge in [-0.15, -0.1) is 5.10 Å². The van der Waals surface area contributed by atoms with E-state index in [1.165, 1.54) is 4.90 Å². The summed E-state index contributed by atoms with van der Waals surface area (Å²) in [4.78, 5) is 37.9. The van der Waals surface area contributed by atoms with Crippen molar-refractivity contribution in [1.82, 2.24) is 35.0 Å². The minimum absolute atomic E-state index is 0.208. The van der Waals surface area contributed by atoms with Crippen LogP contribution >= 0.6 is 11.6 Å². The third kappa shape index (κ3) is 3.24. The second kappa shape index (κ2) is 7.06. The molecule has 0 aliphatic carbocycles. The lowest BCUT2D eigenvalue weighted by Gasteiger charge is -2.29. The van der Waals surface area contributed by atoms with Gasteiger partial charge in [0.2, 0.25) is 11.8 Å². The second-order valence-electron chi connectivity index (χ2n) is 7.25. The summed E-state index contributed by atoms with van der Waals surface area (Å²) in [5.41, 5.74) is 2.81. The number of benzene rings is 1. The lowest BCUT2D eigenvalue weighted by atomic mass is 10.0. The van der Waals surface area contributed by atoms with Crippen molar-refractivity contribution in [2.75, 3.05) is 0 Å². The quantitative estimate of drug-likeness (QED) is 0.622. The van der Waals surface area contributed by atoms with Crippen LogP contribution in [0.1, 0.15) is 34.5 Å². The van der Waals surface area contributed by atoms with Gasteiger partial charge in [-0.1, -0.05) is 16.8 Å². The van der Waals surface area contributed by atoms with E-state index >= 15 is 0 Å². The molecule has 1 saturated heterocycles. The highest BCUT2D eigenvalue weighted by Crippen LogP contribution is 2.29. The Morgan fingerprint density at radius 3 is 2.83 bits per heavy atom. The van der Waals surface area contributed by atoms with Crippen LogP contribution in [0.5, 0.6) is 0 Å². The smallest absolute Gasteiger partial charge is 0.255 e. The zero-order valence-electron chi connectivity index (χ0n) is 15.7. The molecule has 0 saturated carbocycles. The van der Waals surface area contributed by atoms with Crippen molar-refractivity contribution in [3.8, 4) is 5.69 Å². The fraction of sp³-hybridized carbons (Fsp3) is 0.263. The van der Waals surface area contributed by atoms with E-state index in [4.69, 9.17) is 11.6 Å². The minimum Gasteiger partial charge on any atom is -0.322 e. The summed E-state index contributed by atoms with van der Waals surface area (Å²) in [6, 6.07) is 4.74. The number of nitrogens with zero attached hydrogens (tertiary/aromatic N) is 6. The van der Waals surface area contributed by atoms with Crippen LogP contribution in [0.3, 0.4) is 0 Å². The van der Waals surface area contributed by atoms with Gasteiger partial charge >= 0.3 is 0 Å². The fourth-order valence-corrected chi connectivity index (χ4v) is 3.95. The third-order valence-corrected chi connectivity index (χ3v) is 5.43. The van der Waals surface area contributed by atoms with Gasteiger partial charge in [0.05, 0.1) is 29.6 Å². The maximum absolute atomic E-state index is 12.8. The van der Waals surface area contributed by atoms with E-state index in [2.05, 4.69) is 20.7 Å².